The Kier molecular flexibility index (Phi) is 3.66. The average Bonchev–Trinajstić information content (AvgIpc) is 2.78. The van der Waals surface area contributed by atoms with Gasteiger partial charge in [-0.1, -0.05) is 5.16 Å². The molecule has 2 aromatic rings. The Morgan fingerprint density at radius 2 is 2.06 bits per heavy atom. The van der Waals surface area contributed by atoms with Crippen molar-refractivity contribution >= 4 is 5.97 Å². The number of aliphatic carboxylic acids is 1. The number of carboxylic acids is 1. The van der Waals surface area contributed by atoms with Crippen LogP contribution < -0.4 is 0 Å². The van der Waals surface area contributed by atoms with E-state index in [2.05, 4.69) is 10.1 Å². The van der Waals surface area contributed by atoms with Crippen LogP contribution in [0.5, 0.6) is 0 Å². The number of benzene rings is 1. The molecule has 1 heterocycles. The van der Waals surface area contributed by atoms with E-state index in [4.69, 9.17) is 9.63 Å². The number of aromatic nitrogens is 2. The first-order valence-corrected chi connectivity index (χ1v) is 5.45. The summed E-state index contributed by atoms with van der Waals surface area (Å²) in [6.45, 7) is 0. The third kappa shape index (κ3) is 3.13. The minimum Gasteiger partial charge on any atom is -0.481 e. The Bertz CT molecular complexity index is 537. The van der Waals surface area contributed by atoms with E-state index in [-0.39, 0.29) is 12.2 Å². The van der Waals surface area contributed by atoms with E-state index >= 15 is 0 Å². The molecule has 1 N–H and O–H groups in total. The molecule has 0 unspecified atom stereocenters. The molecule has 18 heavy (non-hydrogen) atoms. The Morgan fingerprint density at radius 1 is 1.33 bits per heavy atom. The van der Waals surface area contributed by atoms with Crippen LogP contribution in [0.3, 0.4) is 0 Å². The number of carbonyl (C=O) groups is 1. The maximum absolute atomic E-state index is 12.7. The van der Waals surface area contributed by atoms with Gasteiger partial charge in [-0.15, -0.1) is 0 Å². The zero-order valence-corrected chi connectivity index (χ0v) is 9.47. The highest BCUT2D eigenvalue weighted by molar-refractivity contribution is 5.66. The lowest BCUT2D eigenvalue weighted by Gasteiger charge is -1.93. The van der Waals surface area contributed by atoms with Gasteiger partial charge >= 0.3 is 5.97 Å². The summed E-state index contributed by atoms with van der Waals surface area (Å²) in [4.78, 5) is 14.5. The maximum atomic E-state index is 12.7. The highest BCUT2D eigenvalue weighted by Crippen LogP contribution is 2.16. The van der Waals surface area contributed by atoms with Gasteiger partial charge in [-0.05, 0) is 30.7 Å². The first-order valence-electron chi connectivity index (χ1n) is 5.45. The lowest BCUT2D eigenvalue weighted by Crippen LogP contribution is -1.95. The largest absolute Gasteiger partial charge is 0.481 e. The van der Waals surface area contributed by atoms with Crippen LogP contribution in [0.1, 0.15) is 18.7 Å². The van der Waals surface area contributed by atoms with Crippen LogP contribution in [0, 0.1) is 5.82 Å². The van der Waals surface area contributed by atoms with Crippen molar-refractivity contribution in [3.8, 4) is 11.4 Å². The fourth-order valence-electron chi connectivity index (χ4n) is 1.46. The topological polar surface area (TPSA) is 76.2 Å². The number of hydrogen-bond donors (Lipinski definition) is 1. The second kappa shape index (κ2) is 5.39. The van der Waals surface area contributed by atoms with Crippen LogP contribution in [-0.2, 0) is 11.2 Å². The molecule has 0 fully saturated rings. The van der Waals surface area contributed by atoms with Crippen LogP contribution in [-0.4, -0.2) is 21.2 Å². The van der Waals surface area contributed by atoms with E-state index < -0.39 is 5.97 Å². The molecule has 94 valence electrons. The molecule has 0 radical (unpaired) electrons. The number of hydrogen-bond acceptors (Lipinski definition) is 4. The highest BCUT2D eigenvalue weighted by atomic mass is 19.1. The van der Waals surface area contributed by atoms with Gasteiger partial charge in [0.25, 0.3) is 0 Å². The van der Waals surface area contributed by atoms with Crippen molar-refractivity contribution in [1.82, 2.24) is 10.1 Å². The van der Waals surface area contributed by atoms with Gasteiger partial charge in [0.2, 0.25) is 11.7 Å². The van der Waals surface area contributed by atoms with E-state index in [0.29, 0.717) is 30.1 Å². The summed E-state index contributed by atoms with van der Waals surface area (Å²) in [7, 11) is 0. The molecule has 0 atom stereocenters. The van der Waals surface area contributed by atoms with Gasteiger partial charge in [0.15, 0.2) is 0 Å². The summed E-state index contributed by atoms with van der Waals surface area (Å²) < 4.78 is 17.7. The SMILES string of the molecule is O=C(O)CCCc1nc(-c2ccc(F)cc2)no1. The second-order valence-electron chi connectivity index (χ2n) is 3.77. The number of rotatable bonds is 5. The van der Waals surface area contributed by atoms with Crippen molar-refractivity contribution < 1.29 is 18.8 Å². The van der Waals surface area contributed by atoms with Gasteiger partial charge in [0, 0.05) is 18.4 Å². The first-order chi connectivity index (χ1) is 8.65. The van der Waals surface area contributed by atoms with Crippen molar-refractivity contribution in [2.75, 3.05) is 0 Å². The quantitative estimate of drug-likeness (QED) is 0.880. The monoisotopic (exact) mass is 250 g/mol. The van der Waals surface area contributed by atoms with Crippen LogP contribution in [0.4, 0.5) is 4.39 Å². The minimum absolute atomic E-state index is 0.0638. The van der Waals surface area contributed by atoms with Gasteiger partial charge in [0.1, 0.15) is 5.82 Å². The summed E-state index contributed by atoms with van der Waals surface area (Å²) in [5.41, 5.74) is 0.657. The molecule has 0 amide bonds. The van der Waals surface area contributed by atoms with Gasteiger partial charge in [-0.25, -0.2) is 4.39 Å². The third-order valence-corrected chi connectivity index (χ3v) is 2.35. The Labute approximate surface area is 102 Å². The summed E-state index contributed by atoms with van der Waals surface area (Å²) in [5.74, 6) is -0.423. The molecule has 0 aliphatic carbocycles. The lowest BCUT2D eigenvalue weighted by atomic mass is 10.2. The fraction of sp³-hybridized carbons (Fsp3) is 0.250. The van der Waals surface area contributed by atoms with E-state index in [1.807, 2.05) is 0 Å². The summed E-state index contributed by atoms with van der Waals surface area (Å²) >= 11 is 0. The smallest absolute Gasteiger partial charge is 0.303 e. The minimum atomic E-state index is -0.853. The molecular weight excluding hydrogens is 239 g/mol. The Morgan fingerprint density at radius 3 is 2.72 bits per heavy atom. The third-order valence-electron chi connectivity index (χ3n) is 2.35. The van der Waals surface area contributed by atoms with Gasteiger partial charge in [-0.3, -0.25) is 4.79 Å². The van der Waals surface area contributed by atoms with E-state index in [1.165, 1.54) is 12.1 Å². The zero-order chi connectivity index (χ0) is 13.0. The molecule has 0 spiro atoms. The van der Waals surface area contributed by atoms with Gasteiger partial charge in [0.05, 0.1) is 0 Å². The molecule has 0 bridgehead atoms. The number of nitrogens with zero attached hydrogens (tertiary/aromatic N) is 2. The molecular formula is C12H11FN2O3. The Balaban J connectivity index is 2.01. The molecule has 2 rings (SSSR count). The van der Waals surface area contributed by atoms with Crippen molar-refractivity contribution in [1.29, 1.82) is 0 Å². The number of carboxylic acid groups (broad SMARTS) is 1. The zero-order valence-electron chi connectivity index (χ0n) is 9.47. The van der Waals surface area contributed by atoms with Crippen molar-refractivity contribution in [2.45, 2.75) is 19.3 Å². The molecule has 6 heteroatoms. The van der Waals surface area contributed by atoms with Crippen LogP contribution in [0.2, 0.25) is 0 Å². The summed E-state index contributed by atoms with van der Waals surface area (Å²) in [6, 6.07) is 5.74. The number of aryl methyl sites for hydroxylation is 1. The standard InChI is InChI=1S/C12H11FN2O3/c13-9-6-4-8(5-7-9)12-14-10(18-15-12)2-1-3-11(16)17/h4-7H,1-3H2,(H,16,17). The van der Waals surface area contributed by atoms with Crippen LogP contribution in [0.25, 0.3) is 11.4 Å². The molecule has 1 aromatic carbocycles. The molecule has 0 aliphatic heterocycles. The summed E-state index contributed by atoms with van der Waals surface area (Å²) in [6.07, 6.45) is 0.926. The molecule has 1 aromatic heterocycles. The molecule has 0 saturated carbocycles. The maximum Gasteiger partial charge on any atom is 0.303 e. The van der Waals surface area contributed by atoms with E-state index in [1.54, 1.807) is 12.1 Å². The fourth-order valence-corrected chi connectivity index (χ4v) is 1.46. The first kappa shape index (κ1) is 12.2. The number of halogens is 1. The van der Waals surface area contributed by atoms with Crippen LogP contribution in [0.15, 0.2) is 28.8 Å². The predicted octanol–water partition coefficient (Wildman–Crippen LogP) is 2.28. The molecule has 0 aliphatic rings. The second-order valence-corrected chi connectivity index (χ2v) is 3.77. The van der Waals surface area contributed by atoms with E-state index in [9.17, 15) is 9.18 Å². The van der Waals surface area contributed by atoms with Crippen LogP contribution >= 0.6 is 0 Å². The molecule has 0 saturated heterocycles. The van der Waals surface area contributed by atoms with Gasteiger partial charge < -0.3 is 9.63 Å². The van der Waals surface area contributed by atoms with Crippen molar-refractivity contribution in [3.05, 3.63) is 36.0 Å². The normalized spacial score (nSPS) is 10.5. The predicted molar refractivity (Wildman–Crippen MR) is 60.3 cm³/mol. The molecule has 5 nitrogen and oxygen atoms in total. The Hall–Kier alpha value is -2.24. The van der Waals surface area contributed by atoms with Crippen molar-refractivity contribution in [3.63, 3.8) is 0 Å². The van der Waals surface area contributed by atoms with Crippen molar-refractivity contribution in [2.24, 2.45) is 0 Å². The average molecular weight is 250 g/mol. The van der Waals surface area contributed by atoms with E-state index in [0.717, 1.165) is 0 Å². The lowest BCUT2D eigenvalue weighted by molar-refractivity contribution is -0.137. The summed E-state index contributed by atoms with van der Waals surface area (Å²) in [5, 5.41) is 12.3. The van der Waals surface area contributed by atoms with Gasteiger partial charge in [-0.2, -0.15) is 4.98 Å². The highest BCUT2D eigenvalue weighted by Gasteiger charge is 2.09.